The largest absolute Gasteiger partial charge is 0.352 e. The van der Waals surface area contributed by atoms with E-state index < -0.39 is 11.9 Å². The molecule has 5 rings (SSSR count). The number of carbonyl (C=O) groups excluding carboxylic acids is 2. The first-order chi connectivity index (χ1) is 16.2. The molecule has 7 nitrogen and oxygen atoms in total. The summed E-state index contributed by atoms with van der Waals surface area (Å²) in [4.78, 5) is 31.5. The van der Waals surface area contributed by atoms with E-state index in [-0.39, 0.29) is 17.8 Å². The lowest BCUT2D eigenvalue weighted by molar-refractivity contribution is -0.123. The predicted molar refractivity (Wildman–Crippen MR) is 127 cm³/mol. The fourth-order valence-electron chi connectivity index (χ4n) is 3.53. The van der Waals surface area contributed by atoms with Gasteiger partial charge in [0.2, 0.25) is 11.7 Å². The first-order valence-electron chi connectivity index (χ1n) is 10.9. The minimum Gasteiger partial charge on any atom is -0.352 e. The molecule has 4 aromatic rings. The molecule has 0 bridgehead atoms. The van der Waals surface area contributed by atoms with Crippen LogP contribution in [0.15, 0.2) is 78.2 Å². The minimum atomic E-state index is -0.714. The van der Waals surface area contributed by atoms with Crippen LogP contribution in [-0.2, 0) is 11.2 Å². The van der Waals surface area contributed by atoms with Gasteiger partial charge in [-0.1, -0.05) is 54.6 Å². The van der Waals surface area contributed by atoms with E-state index in [4.69, 9.17) is 0 Å². The second-order valence-corrected chi connectivity index (χ2v) is 8.93. The van der Waals surface area contributed by atoms with E-state index in [1.54, 1.807) is 4.68 Å². The number of hydrogen-bond acceptors (Lipinski definition) is 5. The van der Waals surface area contributed by atoms with Gasteiger partial charge in [0, 0.05) is 12.5 Å². The second kappa shape index (κ2) is 9.38. The number of rotatable bonds is 8. The van der Waals surface area contributed by atoms with E-state index in [2.05, 4.69) is 20.7 Å². The molecule has 1 fully saturated rings. The van der Waals surface area contributed by atoms with Crippen molar-refractivity contribution in [3.8, 4) is 16.4 Å². The Morgan fingerprint density at radius 1 is 1.00 bits per heavy atom. The van der Waals surface area contributed by atoms with Gasteiger partial charge in [0.25, 0.3) is 5.91 Å². The Hall–Kier alpha value is -3.78. The van der Waals surface area contributed by atoms with Crippen LogP contribution in [0, 0.1) is 0 Å². The molecule has 2 amide bonds. The molecule has 0 radical (unpaired) electrons. The number of nitrogens with zero attached hydrogens (tertiary/aromatic N) is 3. The number of benzene rings is 2. The Bertz CT molecular complexity index is 1230. The number of amides is 2. The lowest BCUT2D eigenvalue weighted by Gasteiger charge is -2.17. The Labute approximate surface area is 195 Å². The lowest BCUT2D eigenvalue weighted by Crippen LogP contribution is -2.48. The number of aromatic nitrogens is 3. The molecule has 2 aromatic carbocycles. The van der Waals surface area contributed by atoms with E-state index in [0.717, 1.165) is 29.0 Å². The molecule has 2 N–H and O–H groups in total. The molecule has 0 aliphatic heterocycles. The summed E-state index contributed by atoms with van der Waals surface area (Å²) in [6, 6.07) is 22.6. The van der Waals surface area contributed by atoms with Gasteiger partial charge in [0.05, 0.1) is 10.6 Å². The molecule has 1 unspecified atom stereocenters. The van der Waals surface area contributed by atoms with E-state index in [1.165, 1.54) is 11.3 Å². The molecular weight excluding hydrogens is 434 g/mol. The highest BCUT2D eigenvalue weighted by molar-refractivity contribution is 7.13. The monoisotopic (exact) mass is 457 g/mol. The van der Waals surface area contributed by atoms with Crippen LogP contribution in [0.25, 0.3) is 16.4 Å². The quantitative estimate of drug-likeness (QED) is 0.423. The maximum absolute atomic E-state index is 13.2. The third-order valence-electron chi connectivity index (χ3n) is 5.38. The molecule has 1 saturated carbocycles. The molecule has 0 spiro atoms. The van der Waals surface area contributed by atoms with Crippen molar-refractivity contribution < 1.29 is 9.59 Å². The highest BCUT2D eigenvalue weighted by Crippen LogP contribution is 2.25. The number of hydrogen-bond donors (Lipinski definition) is 2. The molecule has 166 valence electrons. The van der Waals surface area contributed by atoms with Crippen LogP contribution in [-0.4, -0.2) is 38.7 Å². The molecule has 2 heterocycles. The van der Waals surface area contributed by atoms with Crippen molar-refractivity contribution >= 4 is 23.2 Å². The highest BCUT2D eigenvalue weighted by Gasteiger charge is 2.30. The van der Waals surface area contributed by atoms with E-state index >= 15 is 0 Å². The third kappa shape index (κ3) is 5.01. The van der Waals surface area contributed by atoms with Gasteiger partial charge >= 0.3 is 0 Å². The van der Waals surface area contributed by atoms with Gasteiger partial charge in [-0.2, -0.15) is 0 Å². The summed E-state index contributed by atoms with van der Waals surface area (Å²) in [5.74, 6) is -0.0482. The summed E-state index contributed by atoms with van der Waals surface area (Å²) in [5.41, 5.74) is 1.77. The summed E-state index contributed by atoms with van der Waals surface area (Å²) in [6.07, 6.45) is 2.35. The van der Waals surface area contributed by atoms with Crippen molar-refractivity contribution in [1.82, 2.24) is 25.4 Å². The van der Waals surface area contributed by atoms with E-state index in [9.17, 15) is 9.59 Å². The zero-order valence-electron chi connectivity index (χ0n) is 17.8. The highest BCUT2D eigenvalue weighted by atomic mass is 32.1. The molecule has 1 aliphatic carbocycles. The predicted octanol–water partition coefficient (Wildman–Crippen LogP) is 3.62. The maximum Gasteiger partial charge on any atom is 0.291 e. The van der Waals surface area contributed by atoms with Crippen molar-refractivity contribution in [3.05, 3.63) is 89.6 Å². The van der Waals surface area contributed by atoms with Crippen LogP contribution in [0.5, 0.6) is 0 Å². The lowest BCUT2D eigenvalue weighted by atomic mass is 10.1. The van der Waals surface area contributed by atoms with Crippen molar-refractivity contribution in [3.63, 3.8) is 0 Å². The molecular formula is C25H23N5O2S. The van der Waals surface area contributed by atoms with Gasteiger partial charge in [-0.05, 0) is 42.0 Å². The van der Waals surface area contributed by atoms with E-state index in [0.29, 0.717) is 12.2 Å². The molecule has 8 heteroatoms. The summed E-state index contributed by atoms with van der Waals surface area (Å²) in [7, 11) is 0. The first kappa shape index (κ1) is 21.1. The van der Waals surface area contributed by atoms with Gasteiger partial charge in [-0.3, -0.25) is 9.59 Å². The topological polar surface area (TPSA) is 88.9 Å². The fourth-order valence-corrected chi connectivity index (χ4v) is 4.23. The van der Waals surface area contributed by atoms with Crippen molar-refractivity contribution in [1.29, 1.82) is 0 Å². The average Bonchev–Trinajstić information content (AvgIpc) is 3.31. The first-order valence-corrected chi connectivity index (χ1v) is 11.8. The van der Waals surface area contributed by atoms with Gasteiger partial charge in [0.1, 0.15) is 6.04 Å². The smallest absolute Gasteiger partial charge is 0.291 e. The van der Waals surface area contributed by atoms with Crippen LogP contribution in [0.3, 0.4) is 0 Å². The Morgan fingerprint density at radius 2 is 1.73 bits per heavy atom. The van der Waals surface area contributed by atoms with Gasteiger partial charge < -0.3 is 10.6 Å². The van der Waals surface area contributed by atoms with Crippen molar-refractivity contribution in [2.45, 2.75) is 31.3 Å². The van der Waals surface area contributed by atoms with Crippen LogP contribution in [0.2, 0.25) is 0 Å². The second-order valence-electron chi connectivity index (χ2n) is 7.98. The normalized spacial score (nSPS) is 13.9. The number of carbonyl (C=O) groups is 2. The number of para-hydroxylation sites is 1. The van der Waals surface area contributed by atoms with Crippen molar-refractivity contribution in [2.75, 3.05) is 0 Å². The molecule has 33 heavy (non-hydrogen) atoms. The van der Waals surface area contributed by atoms with Crippen LogP contribution < -0.4 is 10.6 Å². The number of nitrogens with one attached hydrogen (secondary N) is 2. The zero-order valence-corrected chi connectivity index (χ0v) is 18.7. The Kier molecular flexibility index (Phi) is 5.99. The van der Waals surface area contributed by atoms with Crippen molar-refractivity contribution in [2.24, 2.45) is 0 Å². The average molecular weight is 458 g/mol. The minimum absolute atomic E-state index is 0.0273. The van der Waals surface area contributed by atoms with Crippen LogP contribution in [0.1, 0.15) is 29.0 Å². The maximum atomic E-state index is 13.2. The summed E-state index contributed by atoms with van der Waals surface area (Å²) in [6.45, 7) is 0. The van der Waals surface area contributed by atoms with Crippen LogP contribution in [0.4, 0.5) is 0 Å². The van der Waals surface area contributed by atoms with Gasteiger partial charge in [0.15, 0.2) is 5.82 Å². The Morgan fingerprint density at radius 3 is 2.39 bits per heavy atom. The molecule has 1 aliphatic rings. The fraction of sp³-hybridized carbons (Fsp3) is 0.200. The third-order valence-corrected chi connectivity index (χ3v) is 6.25. The molecule has 2 aromatic heterocycles. The number of thiophene rings is 1. The van der Waals surface area contributed by atoms with Gasteiger partial charge in [-0.25, -0.2) is 9.67 Å². The molecule has 1 atom stereocenters. The van der Waals surface area contributed by atoms with Crippen LogP contribution >= 0.6 is 11.3 Å². The SMILES string of the molecule is O=C(NC(Cc1ccccc1)C(=O)NC1CC1)c1nc(-c2cccs2)n(-c2ccccc2)n1. The van der Waals surface area contributed by atoms with Gasteiger partial charge in [-0.15, -0.1) is 16.4 Å². The summed E-state index contributed by atoms with van der Waals surface area (Å²) in [5, 5.41) is 12.3. The van der Waals surface area contributed by atoms with E-state index in [1.807, 2.05) is 78.2 Å². The summed E-state index contributed by atoms with van der Waals surface area (Å²) >= 11 is 1.53. The summed E-state index contributed by atoms with van der Waals surface area (Å²) < 4.78 is 1.66. The molecule has 0 saturated heterocycles. The Balaban J connectivity index is 1.42. The standard InChI is InChI=1S/C25H23N5O2S/c31-24(26-18-13-14-18)20(16-17-8-3-1-4-9-17)27-25(32)22-28-23(21-12-7-15-33-21)30(29-22)19-10-5-2-6-11-19/h1-12,15,18,20H,13-14,16H2,(H,26,31)(H,27,32). The zero-order chi connectivity index (χ0) is 22.6.